The molecule has 128 valence electrons. The Bertz CT molecular complexity index is 447. The highest BCUT2D eigenvalue weighted by Gasteiger charge is 2.37. The van der Waals surface area contributed by atoms with Gasteiger partial charge < -0.3 is 0 Å². The largest absolute Gasteiger partial charge is 0.475 e. The van der Waals surface area contributed by atoms with Crippen molar-refractivity contribution in [1.82, 2.24) is 4.90 Å². The molecular formula is C15H27BrNO4P. The van der Waals surface area contributed by atoms with Crippen LogP contribution in [-0.2, 0) is 18.1 Å². The lowest BCUT2D eigenvalue weighted by atomic mass is 10.0. The molecule has 22 heavy (non-hydrogen) atoms. The lowest BCUT2D eigenvalue weighted by molar-refractivity contribution is -0.00201. The van der Waals surface area contributed by atoms with Crippen molar-refractivity contribution in [1.29, 1.82) is 0 Å². The second-order valence-electron chi connectivity index (χ2n) is 7.38. The first-order chi connectivity index (χ1) is 9.92. The van der Waals surface area contributed by atoms with Crippen LogP contribution in [0.5, 0.6) is 0 Å². The maximum atomic E-state index is 12.8. The fourth-order valence-electron chi connectivity index (χ4n) is 1.94. The molecule has 0 amide bonds. The Kier molecular flexibility index (Phi) is 7.13. The Morgan fingerprint density at radius 3 is 2.05 bits per heavy atom. The summed E-state index contributed by atoms with van der Waals surface area (Å²) in [6, 6.07) is 0. The summed E-state index contributed by atoms with van der Waals surface area (Å²) in [7, 11) is -3.60. The molecule has 1 rings (SSSR count). The number of halogens is 1. The Balaban J connectivity index is 2.48. The molecule has 0 aliphatic carbocycles. The fraction of sp³-hybridized carbons (Fsp3) is 0.867. The van der Waals surface area contributed by atoms with Gasteiger partial charge in [-0.05, 0) is 46.4 Å². The van der Waals surface area contributed by atoms with Crippen molar-refractivity contribution in [3.8, 4) is 10.8 Å². The summed E-state index contributed by atoms with van der Waals surface area (Å²) in [5, 5.41) is 0. The van der Waals surface area contributed by atoms with Crippen LogP contribution in [0.2, 0.25) is 0 Å². The highest BCUT2D eigenvalue weighted by molar-refractivity contribution is 9.12. The van der Waals surface area contributed by atoms with E-state index in [0.29, 0.717) is 19.1 Å². The number of nitrogens with zero attached hydrogens (tertiary/aromatic N) is 1. The summed E-state index contributed by atoms with van der Waals surface area (Å²) < 4.78 is 29.4. The van der Waals surface area contributed by atoms with Crippen molar-refractivity contribution >= 4 is 23.8 Å². The normalized spacial score (nSPS) is 17.8. The third kappa shape index (κ3) is 8.10. The highest BCUT2D eigenvalue weighted by atomic mass is 79.9. The van der Waals surface area contributed by atoms with Crippen LogP contribution in [0, 0.1) is 16.7 Å². The summed E-state index contributed by atoms with van der Waals surface area (Å²) in [4.78, 5) is 4.94. The van der Waals surface area contributed by atoms with Crippen molar-refractivity contribution in [2.75, 3.05) is 26.2 Å². The molecule has 0 aromatic rings. The minimum Gasteiger partial charge on any atom is -0.298 e. The van der Waals surface area contributed by atoms with Gasteiger partial charge in [-0.15, -0.1) is 0 Å². The fourth-order valence-corrected chi connectivity index (χ4v) is 4.06. The molecule has 0 saturated carbocycles. The lowest BCUT2D eigenvalue weighted by Crippen LogP contribution is -2.47. The zero-order chi connectivity index (χ0) is 17.0. The van der Waals surface area contributed by atoms with Gasteiger partial charge in [0.1, 0.15) is 0 Å². The van der Waals surface area contributed by atoms with Crippen molar-refractivity contribution in [3.63, 3.8) is 0 Å². The number of hydrogen-bond acceptors (Lipinski definition) is 5. The molecule has 0 aromatic carbocycles. The van der Waals surface area contributed by atoms with E-state index in [0.717, 1.165) is 13.1 Å². The van der Waals surface area contributed by atoms with E-state index >= 15 is 0 Å². The second kappa shape index (κ2) is 7.79. The Hall–Kier alpha value is 0.110. The number of phosphoric acid groups is 1. The van der Waals surface area contributed by atoms with Crippen molar-refractivity contribution < 1.29 is 18.1 Å². The number of hydrogen-bond donors (Lipinski definition) is 0. The molecule has 1 aliphatic rings. The van der Waals surface area contributed by atoms with E-state index in [1.54, 1.807) is 0 Å². The topological polar surface area (TPSA) is 48.0 Å². The number of phosphoric ester groups is 1. The van der Waals surface area contributed by atoms with Crippen LogP contribution < -0.4 is 0 Å². The van der Waals surface area contributed by atoms with E-state index in [9.17, 15) is 4.57 Å². The van der Waals surface area contributed by atoms with Crippen LogP contribution in [0.3, 0.4) is 0 Å². The van der Waals surface area contributed by atoms with Crippen molar-refractivity contribution in [2.45, 2.75) is 52.7 Å². The van der Waals surface area contributed by atoms with Crippen molar-refractivity contribution in [2.24, 2.45) is 5.92 Å². The lowest BCUT2D eigenvalue weighted by Gasteiger charge is -2.36. The molecule has 1 heterocycles. The SMILES string of the molecule is CC(C)(C)OP(=O)(OCCN1CC(C#CBr)C1)OC(C)(C)C. The Morgan fingerprint density at radius 1 is 1.14 bits per heavy atom. The summed E-state index contributed by atoms with van der Waals surface area (Å²) in [6.07, 6.45) is 0. The summed E-state index contributed by atoms with van der Waals surface area (Å²) in [6.45, 7) is 13.8. The first-order valence-corrected chi connectivity index (χ1v) is 9.67. The monoisotopic (exact) mass is 395 g/mol. The number of likely N-dealkylation sites (tertiary alicyclic amines) is 1. The van der Waals surface area contributed by atoms with Crippen molar-refractivity contribution in [3.05, 3.63) is 0 Å². The quantitative estimate of drug-likeness (QED) is 0.501. The summed E-state index contributed by atoms with van der Waals surface area (Å²) in [5.74, 6) is 3.47. The van der Waals surface area contributed by atoms with E-state index in [1.807, 2.05) is 41.5 Å². The minimum absolute atomic E-state index is 0.303. The van der Waals surface area contributed by atoms with Crippen LogP contribution in [0.15, 0.2) is 0 Å². The molecule has 0 radical (unpaired) electrons. The molecule has 0 N–H and O–H groups in total. The van der Waals surface area contributed by atoms with Crippen LogP contribution in [-0.4, -0.2) is 42.3 Å². The zero-order valence-electron chi connectivity index (χ0n) is 14.3. The standard InChI is InChI=1S/C15H27BrNO4P/c1-14(2,3)20-22(18,21-15(4,5)6)19-10-9-17-11-13(12-17)7-8-16/h13H,9-12H2,1-6H3. The van der Waals surface area contributed by atoms with Gasteiger partial charge in [0.25, 0.3) is 0 Å². The Morgan fingerprint density at radius 2 is 1.64 bits per heavy atom. The number of rotatable bonds is 6. The third-order valence-corrected chi connectivity index (χ3v) is 4.91. The molecule has 7 heteroatoms. The van der Waals surface area contributed by atoms with E-state index in [4.69, 9.17) is 13.6 Å². The van der Waals surface area contributed by atoms with Gasteiger partial charge in [0.2, 0.25) is 0 Å². The maximum Gasteiger partial charge on any atom is 0.475 e. The van der Waals surface area contributed by atoms with Gasteiger partial charge in [0, 0.05) is 41.5 Å². The maximum absolute atomic E-state index is 12.8. The van der Waals surface area contributed by atoms with Crippen LogP contribution >= 0.6 is 23.8 Å². The van der Waals surface area contributed by atoms with Crippen LogP contribution in [0.1, 0.15) is 41.5 Å². The van der Waals surface area contributed by atoms with Gasteiger partial charge in [-0.3, -0.25) is 18.5 Å². The summed E-state index contributed by atoms with van der Waals surface area (Å²) >= 11 is 3.10. The predicted octanol–water partition coefficient (Wildman–Crippen LogP) is 4.03. The molecule has 0 atom stereocenters. The van der Waals surface area contributed by atoms with Gasteiger partial charge in [-0.25, -0.2) is 4.57 Å². The average Bonchev–Trinajstić information content (AvgIpc) is 2.19. The van der Waals surface area contributed by atoms with Gasteiger partial charge in [0.15, 0.2) is 0 Å². The molecule has 5 nitrogen and oxygen atoms in total. The van der Waals surface area contributed by atoms with E-state index in [2.05, 4.69) is 31.6 Å². The first-order valence-electron chi connectivity index (χ1n) is 7.42. The molecule has 1 saturated heterocycles. The van der Waals surface area contributed by atoms with E-state index in [1.165, 1.54) is 0 Å². The van der Waals surface area contributed by atoms with Gasteiger partial charge >= 0.3 is 7.82 Å². The van der Waals surface area contributed by atoms with Crippen LogP contribution in [0.4, 0.5) is 0 Å². The zero-order valence-corrected chi connectivity index (χ0v) is 16.8. The third-order valence-electron chi connectivity index (χ3n) is 2.64. The van der Waals surface area contributed by atoms with E-state index in [-0.39, 0.29) is 0 Å². The van der Waals surface area contributed by atoms with Gasteiger partial charge in [-0.2, -0.15) is 0 Å². The molecule has 0 unspecified atom stereocenters. The van der Waals surface area contributed by atoms with Gasteiger partial charge in [-0.1, -0.05) is 5.92 Å². The minimum atomic E-state index is -3.60. The molecule has 1 fully saturated rings. The average molecular weight is 396 g/mol. The molecule has 0 aromatic heterocycles. The molecule has 1 aliphatic heterocycles. The van der Waals surface area contributed by atoms with E-state index < -0.39 is 19.0 Å². The first kappa shape index (κ1) is 20.2. The smallest absolute Gasteiger partial charge is 0.298 e. The second-order valence-corrected chi connectivity index (χ2v) is 9.30. The molecule has 0 spiro atoms. The predicted molar refractivity (Wildman–Crippen MR) is 91.9 cm³/mol. The molecular weight excluding hydrogens is 369 g/mol. The Labute approximate surface area is 142 Å². The van der Waals surface area contributed by atoms with Crippen LogP contribution in [0.25, 0.3) is 0 Å². The highest BCUT2D eigenvalue weighted by Crippen LogP contribution is 2.55. The van der Waals surface area contributed by atoms with Gasteiger partial charge in [0.05, 0.1) is 17.8 Å². The molecule has 0 bridgehead atoms. The summed E-state index contributed by atoms with van der Waals surface area (Å²) in [5.41, 5.74) is -1.21.